The van der Waals surface area contributed by atoms with Gasteiger partial charge >= 0.3 is 0 Å². The summed E-state index contributed by atoms with van der Waals surface area (Å²) in [7, 11) is 1.55. The van der Waals surface area contributed by atoms with Crippen LogP contribution in [-0.2, 0) is 9.59 Å². The monoisotopic (exact) mass is 239 g/mol. The summed E-state index contributed by atoms with van der Waals surface area (Å²) in [5.74, 6) is -0.375. The van der Waals surface area contributed by atoms with Gasteiger partial charge in [0.25, 0.3) is 0 Å². The molecule has 0 aliphatic carbocycles. The molecule has 0 radical (unpaired) electrons. The van der Waals surface area contributed by atoms with Crippen molar-refractivity contribution >= 4 is 11.8 Å². The Morgan fingerprint density at radius 1 is 1.47 bits per heavy atom. The van der Waals surface area contributed by atoms with E-state index >= 15 is 0 Å². The minimum atomic E-state index is -0.507. The number of carbonyl (C=O) groups excluding carboxylic acids is 2. The van der Waals surface area contributed by atoms with E-state index in [9.17, 15) is 9.59 Å². The first-order valence-corrected chi connectivity index (χ1v) is 5.99. The van der Waals surface area contributed by atoms with Gasteiger partial charge in [-0.25, -0.2) is 0 Å². The number of rotatable bonds is 4. The lowest BCUT2D eigenvalue weighted by atomic mass is 10.1. The van der Waals surface area contributed by atoms with Gasteiger partial charge in [-0.1, -0.05) is 6.08 Å². The van der Waals surface area contributed by atoms with Gasteiger partial charge in [-0.3, -0.25) is 9.59 Å². The van der Waals surface area contributed by atoms with Crippen LogP contribution in [-0.4, -0.2) is 37.5 Å². The summed E-state index contributed by atoms with van der Waals surface area (Å²) in [6, 6.07) is -0.219. The molecule has 1 fully saturated rings. The number of nitrogens with one attached hydrogen (secondary N) is 3. The van der Waals surface area contributed by atoms with Crippen LogP contribution in [0.25, 0.3) is 0 Å². The first kappa shape index (κ1) is 13.7. The highest BCUT2D eigenvalue weighted by Crippen LogP contribution is 2.08. The van der Waals surface area contributed by atoms with Gasteiger partial charge in [-0.2, -0.15) is 0 Å². The molecular formula is C12H21N3O2. The Morgan fingerprint density at radius 2 is 2.18 bits per heavy atom. The molecule has 3 N–H and O–H groups in total. The van der Waals surface area contributed by atoms with Gasteiger partial charge in [-0.05, 0) is 33.2 Å². The van der Waals surface area contributed by atoms with Gasteiger partial charge in [0.15, 0.2) is 0 Å². The number of carbonyl (C=O) groups is 2. The van der Waals surface area contributed by atoms with E-state index in [4.69, 9.17) is 0 Å². The number of hydrogen-bond acceptors (Lipinski definition) is 3. The second kappa shape index (κ2) is 6.39. The summed E-state index contributed by atoms with van der Waals surface area (Å²) in [5, 5.41) is 8.45. The van der Waals surface area contributed by atoms with Crippen molar-refractivity contribution in [2.75, 3.05) is 13.6 Å². The van der Waals surface area contributed by atoms with E-state index in [0.717, 1.165) is 19.4 Å². The molecule has 0 saturated carbocycles. The molecule has 2 amide bonds. The zero-order valence-electron chi connectivity index (χ0n) is 10.7. The van der Waals surface area contributed by atoms with E-state index in [1.807, 2.05) is 6.08 Å². The third kappa shape index (κ3) is 4.19. The molecule has 0 bridgehead atoms. The predicted molar refractivity (Wildman–Crippen MR) is 66.5 cm³/mol. The Bertz CT molecular complexity index is 320. The van der Waals surface area contributed by atoms with E-state index in [0.29, 0.717) is 5.57 Å². The van der Waals surface area contributed by atoms with Crippen molar-refractivity contribution in [3.63, 3.8) is 0 Å². The lowest BCUT2D eigenvalue weighted by molar-refractivity contribution is -0.126. The molecule has 0 aromatic rings. The van der Waals surface area contributed by atoms with Crippen molar-refractivity contribution in [1.82, 2.24) is 16.0 Å². The Labute approximate surface area is 102 Å². The van der Waals surface area contributed by atoms with E-state index in [2.05, 4.69) is 16.0 Å². The second-order valence-corrected chi connectivity index (χ2v) is 4.36. The largest absolute Gasteiger partial charge is 0.357 e. The standard InChI is InChI=1S/C12H21N3O2/c1-8(7-10-5-4-6-14-10)11(16)15-9(2)12(17)13-3/h7,9-10,14H,4-6H2,1-3H3,(H,13,17)(H,15,16)/b8-7-/t9-,10-/m0/s1. The van der Waals surface area contributed by atoms with E-state index in [1.165, 1.54) is 0 Å². The van der Waals surface area contributed by atoms with Gasteiger partial charge in [-0.15, -0.1) is 0 Å². The van der Waals surface area contributed by atoms with Crippen LogP contribution < -0.4 is 16.0 Å². The molecule has 1 saturated heterocycles. The van der Waals surface area contributed by atoms with Crippen LogP contribution in [0.15, 0.2) is 11.6 Å². The van der Waals surface area contributed by atoms with Crippen LogP contribution in [0.3, 0.4) is 0 Å². The highest BCUT2D eigenvalue weighted by Gasteiger charge is 2.17. The Balaban J connectivity index is 2.48. The SMILES string of the molecule is CNC(=O)[C@H](C)NC(=O)/C(C)=C\[C@@H]1CCCN1. The van der Waals surface area contributed by atoms with E-state index in [1.54, 1.807) is 20.9 Å². The van der Waals surface area contributed by atoms with Crippen LogP contribution in [0, 0.1) is 0 Å². The van der Waals surface area contributed by atoms with Crippen molar-refractivity contribution in [3.8, 4) is 0 Å². The van der Waals surface area contributed by atoms with Crippen molar-refractivity contribution in [1.29, 1.82) is 0 Å². The molecule has 0 aromatic heterocycles. The fourth-order valence-electron chi connectivity index (χ4n) is 1.82. The normalized spacial score (nSPS) is 22.1. The number of amides is 2. The van der Waals surface area contributed by atoms with Crippen molar-refractivity contribution in [2.24, 2.45) is 0 Å². The molecule has 1 aliphatic heterocycles. The minimum absolute atomic E-state index is 0.185. The zero-order valence-corrected chi connectivity index (χ0v) is 10.7. The smallest absolute Gasteiger partial charge is 0.247 e. The van der Waals surface area contributed by atoms with Crippen LogP contribution >= 0.6 is 0 Å². The summed E-state index contributed by atoms with van der Waals surface area (Å²) < 4.78 is 0. The predicted octanol–water partition coefficient (Wildman–Crippen LogP) is -0.0646. The van der Waals surface area contributed by atoms with Crippen molar-refractivity contribution in [2.45, 2.75) is 38.8 Å². The fraction of sp³-hybridized carbons (Fsp3) is 0.667. The molecule has 96 valence electrons. The summed E-state index contributed by atoms with van der Waals surface area (Å²) in [5.41, 5.74) is 0.653. The zero-order chi connectivity index (χ0) is 12.8. The third-order valence-corrected chi connectivity index (χ3v) is 2.90. The Morgan fingerprint density at radius 3 is 2.71 bits per heavy atom. The van der Waals surface area contributed by atoms with Crippen LogP contribution in [0.2, 0.25) is 0 Å². The average molecular weight is 239 g/mol. The minimum Gasteiger partial charge on any atom is -0.357 e. The maximum absolute atomic E-state index is 11.8. The molecular weight excluding hydrogens is 218 g/mol. The summed E-state index contributed by atoms with van der Waals surface area (Å²) >= 11 is 0. The molecule has 0 unspecified atom stereocenters. The molecule has 17 heavy (non-hydrogen) atoms. The molecule has 2 atom stereocenters. The summed E-state index contributed by atoms with van der Waals surface area (Å²) in [6.45, 7) is 4.44. The Kier molecular flexibility index (Phi) is 5.15. The maximum Gasteiger partial charge on any atom is 0.247 e. The fourth-order valence-corrected chi connectivity index (χ4v) is 1.82. The van der Waals surface area contributed by atoms with Gasteiger partial charge in [0.1, 0.15) is 6.04 Å². The molecule has 0 spiro atoms. The van der Waals surface area contributed by atoms with Gasteiger partial charge in [0, 0.05) is 18.7 Å². The lowest BCUT2D eigenvalue weighted by Crippen LogP contribution is -2.44. The van der Waals surface area contributed by atoms with E-state index < -0.39 is 6.04 Å². The first-order valence-electron chi connectivity index (χ1n) is 5.99. The summed E-state index contributed by atoms with van der Waals surface area (Å²) in [6.07, 6.45) is 4.14. The van der Waals surface area contributed by atoms with Gasteiger partial charge in [0.2, 0.25) is 11.8 Å². The maximum atomic E-state index is 11.8. The molecule has 5 nitrogen and oxygen atoms in total. The quantitative estimate of drug-likeness (QED) is 0.602. The number of likely N-dealkylation sites (N-methyl/N-ethyl adjacent to an activating group) is 1. The molecule has 1 rings (SSSR count). The molecule has 1 heterocycles. The van der Waals surface area contributed by atoms with Crippen LogP contribution in [0.1, 0.15) is 26.7 Å². The van der Waals surface area contributed by atoms with Crippen LogP contribution in [0.4, 0.5) is 0 Å². The third-order valence-electron chi connectivity index (χ3n) is 2.90. The highest BCUT2D eigenvalue weighted by molar-refractivity contribution is 5.96. The van der Waals surface area contributed by atoms with Crippen molar-refractivity contribution in [3.05, 3.63) is 11.6 Å². The van der Waals surface area contributed by atoms with E-state index in [-0.39, 0.29) is 17.9 Å². The molecule has 1 aliphatic rings. The summed E-state index contributed by atoms with van der Waals surface area (Å²) in [4.78, 5) is 23.0. The first-order chi connectivity index (χ1) is 8.04. The second-order valence-electron chi connectivity index (χ2n) is 4.36. The Hall–Kier alpha value is -1.36. The highest BCUT2D eigenvalue weighted by atomic mass is 16.2. The average Bonchev–Trinajstić information content (AvgIpc) is 2.80. The van der Waals surface area contributed by atoms with Crippen LogP contribution in [0.5, 0.6) is 0 Å². The molecule has 0 aromatic carbocycles. The van der Waals surface area contributed by atoms with Gasteiger partial charge in [0.05, 0.1) is 0 Å². The molecule has 5 heteroatoms. The lowest BCUT2D eigenvalue weighted by Gasteiger charge is -2.13. The van der Waals surface area contributed by atoms with Crippen molar-refractivity contribution < 1.29 is 9.59 Å². The van der Waals surface area contributed by atoms with Gasteiger partial charge < -0.3 is 16.0 Å². The topological polar surface area (TPSA) is 70.2 Å². The number of hydrogen-bond donors (Lipinski definition) is 3.